The Morgan fingerprint density at radius 1 is 1.19 bits per heavy atom. The molecule has 5 nitrogen and oxygen atoms in total. The number of rotatable bonds is 4. The maximum atomic E-state index is 12.5. The van der Waals surface area contributed by atoms with Gasteiger partial charge in [-0.15, -0.1) is 0 Å². The number of ether oxygens (including phenoxy) is 2. The van der Waals surface area contributed by atoms with Crippen molar-refractivity contribution in [1.82, 2.24) is 4.37 Å². The third-order valence-corrected chi connectivity index (χ3v) is 5.79. The normalized spacial score (nSPS) is 15.8. The highest BCUT2D eigenvalue weighted by atomic mass is 35.5. The zero-order chi connectivity index (χ0) is 19.0. The summed E-state index contributed by atoms with van der Waals surface area (Å²) in [6, 6.07) is 13.2. The van der Waals surface area contributed by atoms with Crippen LogP contribution in [-0.2, 0) is 4.79 Å². The number of fused-ring (bicyclic) bond motifs is 1. The van der Waals surface area contributed by atoms with Crippen molar-refractivity contribution in [3.05, 3.63) is 57.9 Å². The fourth-order valence-corrected chi connectivity index (χ4v) is 4.55. The van der Waals surface area contributed by atoms with Gasteiger partial charge in [-0.1, -0.05) is 35.9 Å². The van der Waals surface area contributed by atoms with Gasteiger partial charge in [-0.2, -0.15) is 4.37 Å². The van der Waals surface area contributed by atoms with E-state index in [4.69, 9.17) is 21.1 Å². The summed E-state index contributed by atoms with van der Waals surface area (Å²) in [4.78, 5) is 13.5. The number of hydrogen-bond acceptors (Lipinski definition) is 5. The van der Waals surface area contributed by atoms with E-state index in [2.05, 4.69) is 9.69 Å². The second-order valence-electron chi connectivity index (χ2n) is 6.17. The molecule has 3 aromatic rings. The lowest BCUT2D eigenvalue weighted by Gasteiger charge is -2.25. The van der Waals surface area contributed by atoms with E-state index < -0.39 is 0 Å². The quantitative estimate of drug-likeness (QED) is 0.672. The third kappa shape index (κ3) is 3.15. The molecule has 7 heteroatoms. The Kier molecular flexibility index (Phi) is 4.76. The van der Waals surface area contributed by atoms with E-state index in [9.17, 15) is 4.79 Å². The number of nitrogens with one attached hydrogen (secondary N) is 1. The zero-order valence-corrected chi connectivity index (χ0v) is 16.4. The minimum absolute atomic E-state index is 0.0548. The summed E-state index contributed by atoms with van der Waals surface area (Å²) in [5.74, 6) is 1.08. The first kappa shape index (κ1) is 17.8. The number of hydrogen-bond donors (Lipinski definition) is 1. The molecule has 1 aliphatic heterocycles. The zero-order valence-electron chi connectivity index (χ0n) is 14.8. The standard InChI is InChI=1S/C20H17ClN2O3S/c1-25-15-8-4-7-13(19(15)26-2)14-10-16(24)22-18-17(23-27-20(14)18)11-5-3-6-12(21)9-11/h3-9,14H,10H2,1-2H3,(H,22,24)/t14-/m1/s1. The van der Waals surface area contributed by atoms with E-state index in [0.717, 1.165) is 27.4 Å². The molecule has 2 aromatic carbocycles. The van der Waals surface area contributed by atoms with Crippen molar-refractivity contribution in [2.75, 3.05) is 19.5 Å². The van der Waals surface area contributed by atoms with Gasteiger partial charge in [0.1, 0.15) is 5.69 Å². The number of carbonyl (C=O) groups is 1. The van der Waals surface area contributed by atoms with Crippen LogP contribution in [0.15, 0.2) is 42.5 Å². The molecule has 4 rings (SSSR count). The number of benzene rings is 2. The van der Waals surface area contributed by atoms with E-state index in [0.29, 0.717) is 22.9 Å². The number of methoxy groups -OCH3 is 2. The highest BCUT2D eigenvalue weighted by molar-refractivity contribution is 7.07. The predicted molar refractivity (Wildman–Crippen MR) is 107 cm³/mol. The minimum Gasteiger partial charge on any atom is -0.493 e. The van der Waals surface area contributed by atoms with E-state index in [-0.39, 0.29) is 11.8 Å². The first-order valence-corrected chi connectivity index (χ1v) is 9.53. The maximum absolute atomic E-state index is 12.5. The van der Waals surface area contributed by atoms with Crippen molar-refractivity contribution in [3.63, 3.8) is 0 Å². The fourth-order valence-electron chi connectivity index (χ4n) is 3.40. The summed E-state index contributed by atoms with van der Waals surface area (Å²) < 4.78 is 15.6. The molecule has 1 atom stereocenters. The summed E-state index contributed by atoms with van der Waals surface area (Å²) in [6.45, 7) is 0. The second kappa shape index (κ2) is 7.21. The van der Waals surface area contributed by atoms with Crippen molar-refractivity contribution in [3.8, 4) is 22.8 Å². The SMILES string of the molecule is COc1cccc([C@H]2CC(=O)Nc3c(-c4cccc(Cl)c4)nsc32)c1OC. The molecular weight excluding hydrogens is 384 g/mol. The maximum Gasteiger partial charge on any atom is 0.225 e. The van der Waals surface area contributed by atoms with Gasteiger partial charge in [0.2, 0.25) is 5.91 Å². The van der Waals surface area contributed by atoms with E-state index in [1.54, 1.807) is 14.2 Å². The highest BCUT2D eigenvalue weighted by Gasteiger charge is 2.33. The van der Waals surface area contributed by atoms with Crippen LogP contribution in [0.5, 0.6) is 11.5 Å². The van der Waals surface area contributed by atoms with Crippen LogP contribution < -0.4 is 14.8 Å². The molecular formula is C20H17ClN2O3S. The monoisotopic (exact) mass is 400 g/mol. The molecule has 1 amide bonds. The molecule has 1 N–H and O–H groups in total. The van der Waals surface area contributed by atoms with Crippen molar-refractivity contribution < 1.29 is 14.3 Å². The molecule has 1 aliphatic rings. The largest absolute Gasteiger partial charge is 0.493 e. The average Bonchev–Trinajstić information content (AvgIpc) is 3.10. The van der Waals surface area contributed by atoms with Crippen LogP contribution in [0.4, 0.5) is 5.69 Å². The number of nitrogens with zero attached hydrogens (tertiary/aromatic N) is 1. The van der Waals surface area contributed by atoms with E-state index >= 15 is 0 Å². The first-order valence-electron chi connectivity index (χ1n) is 8.38. The Bertz CT molecular complexity index is 1020. The molecule has 0 radical (unpaired) electrons. The van der Waals surface area contributed by atoms with Gasteiger partial charge < -0.3 is 14.8 Å². The average molecular weight is 401 g/mol. The second-order valence-corrected chi connectivity index (χ2v) is 7.41. The van der Waals surface area contributed by atoms with Crippen LogP contribution in [0.1, 0.15) is 22.8 Å². The van der Waals surface area contributed by atoms with Crippen molar-refractivity contribution in [2.45, 2.75) is 12.3 Å². The number of anilines is 1. The molecule has 27 heavy (non-hydrogen) atoms. The van der Waals surface area contributed by atoms with Crippen LogP contribution >= 0.6 is 23.1 Å². The fraction of sp³-hybridized carbons (Fsp3) is 0.200. The van der Waals surface area contributed by atoms with Crippen LogP contribution in [-0.4, -0.2) is 24.5 Å². The highest BCUT2D eigenvalue weighted by Crippen LogP contribution is 2.48. The van der Waals surface area contributed by atoms with Gasteiger partial charge in [0, 0.05) is 28.5 Å². The van der Waals surface area contributed by atoms with Crippen molar-refractivity contribution in [2.24, 2.45) is 0 Å². The number of halogens is 1. The lowest BCUT2D eigenvalue weighted by Crippen LogP contribution is -2.22. The van der Waals surface area contributed by atoms with Gasteiger partial charge in [-0.05, 0) is 29.7 Å². The summed E-state index contributed by atoms with van der Waals surface area (Å²) in [5, 5.41) is 3.61. The van der Waals surface area contributed by atoms with Crippen molar-refractivity contribution >= 4 is 34.7 Å². The molecule has 0 saturated carbocycles. The number of amides is 1. The van der Waals surface area contributed by atoms with Gasteiger partial charge in [-0.3, -0.25) is 4.79 Å². The molecule has 0 spiro atoms. The molecule has 2 heterocycles. The summed E-state index contributed by atoms with van der Waals surface area (Å²) in [6.07, 6.45) is 0.327. The molecule has 1 aromatic heterocycles. The van der Waals surface area contributed by atoms with Crippen molar-refractivity contribution in [1.29, 1.82) is 0 Å². The lowest BCUT2D eigenvalue weighted by molar-refractivity contribution is -0.116. The number of aromatic nitrogens is 1. The van der Waals surface area contributed by atoms with E-state index in [1.807, 2.05) is 42.5 Å². The third-order valence-electron chi connectivity index (χ3n) is 4.60. The molecule has 138 valence electrons. The first-order chi connectivity index (χ1) is 13.1. The smallest absolute Gasteiger partial charge is 0.225 e. The summed E-state index contributed by atoms with van der Waals surface area (Å²) in [7, 11) is 3.21. The molecule has 0 bridgehead atoms. The van der Waals surface area contributed by atoms with Gasteiger partial charge in [0.05, 0.1) is 24.8 Å². The Hall–Kier alpha value is -2.57. The number of para-hydroxylation sites is 1. The summed E-state index contributed by atoms with van der Waals surface area (Å²) >= 11 is 7.52. The molecule has 0 fully saturated rings. The predicted octanol–water partition coefficient (Wildman–Crippen LogP) is 4.95. The van der Waals surface area contributed by atoms with Gasteiger partial charge in [0.25, 0.3) is 0 Å². The Labute approximate surface area is 166 Å². The lowest BCUT2D eigenvalue weighted by atomic mass is 9.88. The molecule has 0 unspecified atom stereocenters. The Balaban J connectivity index is 1.85. The Morgan fingerprint density at radius 2 is 2.00 bits per heavy atom. The van der Waals surface area contributed by atoms with Crippen LogP contribution in [0.3, 0.4) is 0 Å². The topological polar surface area (TPSA) is 60.5 Å². The van der Waals surface area contributed by atoms with Crippen LogP contribution in [0.25, 0.3) is 11.3 Å². The number of carbonyl (C=O) groups excluding carboxylic acids is 1. The van der Waals surface area contributed by atoms with Gasteiger partial charge in [0.15, 0.2) is 11.5 Å². The molecule has 0 aliphatic carbocycles. The Morgan fingerprint density at radius 3 is 2.74 bits per heavy atom. The van der Waals surface area contributed by atoms with E-state index in [1.165, 1.54) is 11.5 Å². The van der Waals surface area contributed by atoms with Gasteiger partial charge >= 0.3 is 0 Å². The minimum atomic E-state index is -0.149. The van der Waals surface area contributed by atoms with Crippen LogP contribution in [0.2, 0.25) is 5.02 Å². The van der Waals surface area contributed by atoms with Crippen LogP contribution in [0, 0.1) is 0 Å². The summed E-state index contributed by atoms with van der Waals surface area (Å²) in [5.41, 5.74) is 3.26. The van der Waals surface area contributed by atoms with Gasteiger partial charge in [-0.25, -0.2) is 0 Å². The molecule has 0 saturated heterocycles.